The van der Waals surface area contributed by atoms with E-state index in [-0.39, 0.29) is 6.61 Å². The molecule has 0 amide bonds. The normalized spacial score (nSPS) is 10.8. The quantitative estimate of drug-likeness (QED) is 0.0586. The Labute approximate surface area is 252 Å². The number of unbranched alkanes of at least 4 members (excludes halogenated alkanes) is 5. The minimum Gasteiger partial charge on any atom is -0.494 e. The maximum Gasteiger partial charge on any atom is 0.343 e. The molecule has 43 heavy (non-hydrogen) atoms. The molecule has 0 bridgehead atoms. The van der Waals surface area contributed by atoms with Crippen molar-refractivity contribution in [3.8, 4) is 11.5 Å². The maximum absolute atomic E-state index is 12.5. The average Bonchev–Trinajstić information content (AvgIpc) is 3.00. The summed E-state index contributed by atoms with van der Waals surface area (Å²) < 4.78 is 21.6. The van der Waals surface area contributed by atoms with E-state index in [4.69, 9.17) is 30.4 Å². The van der Waals surface area contributed by atoms with Gasteiger partial charge in [0.1, 0.15) is 11.5 Å². The van der Waals surface area contributed by atoms with Crippen molar-refractivity contribution in [2.75, 3.05) is 31.3 Å². The van der Waals surface area contributed by atoms with Gasteiger partial charge in [-0.2, -0.15) is 0 Å². The molecule has 4 N–H and O–H groups in total. The molecule has 3 aromatic rings. The van der Waals surface area contributed by atoms with Crippen LogP contribution >= 0.6 is 0 Å². The molecule has 0 aliphatic rings. The van der Waals surface area contributed by atoms with Crippen molar-refractivity contribution in [1.82, 2.24) is 0 Å². The summed E-state index contributed by atoms with van der Waals surface area (Å²) in [4.78, 5) is 36.5. The number of carbonyl (C=O) groups excluding carboxylic acids is 3. The van der Waals surface area contributed by atoms with E-state index in [1.54, 1.807) is 60.7 Å². The minimum atomic E-state index is -0.464. The van der Waals surface area contributed by atoms with E-state index < -0.39 is 17.9 Å². The Morgan fingerprint density at radius 1 is 0.651 bits per heavy atom. The lowest BCUT2D eigenvalue weighted by Gasteiger charge is -2.07. The molecule has 0 radical (unpaired) electrons. The largest absolute Gasteiger partial charge is 0.494 e. The number of nitrogen functional groups attached to an aromatic ring is 2. The van der Waals surface area contributed by atoms with E-state index in [0.29, 0.717) is 54.3 Å². The highest BCUT2D eigenvalue weighted by atomic mass is 16.5. The second-order valence-corrected chi connectivity index (χ2v) is 9.98. The molecular weight excluding hydrogens is 548 g/mol. The van der Waals surface area contributed by atoms with Crippen molar-refractivity contribution in [1.29, 1.82) is 0 Å². The van der Waals surface area contributed by atoms with E-state index in [0.717, 1.165) is 43.4 Å². The first kappa shape index (κ1) is 32.7. The first-order valence-electron chi connectivity index (χ1n) is 14.6. The molecule has 0 fully saturated rings. The smallest absolute Gasteiger partial charge is 0.343 e. The third-order valence-electron chi connectivity index (χ3n) is 6.34. The van der Waals surface area contributed by atoms with Crippen molar-refractivity contribution in [2.24, 2.45) is 0 Å². The molecule has 0 unspecified atom stereocenters. The van der Waals surface area contributed by atoms with E-state index in [9.17, 15) is 14.4 Å². The molecule has 0 saturated heterocycles. The highest BCUT2D eigenvalue weighted by Crippen LogP contribution is 2.18. The number of hydrogen-bond acceptors (Lipinski definition) is 9. The van der Waals surface area contributed by atoms with Gasteiger partial charge in [0, 0.05) is 17.5 Å². The van der Waals surface area contributed by atoms with E-state index in [1.165, 1.54) is 18.2 Å². The van der Waals surface area contributed by atoms with Gasteiger partial charge in [-0.15, -0.1) is 0 Å². The molecule has 3 rings (SSSR count). The molecule has 0 aliphatic heterocycles. The Bertz CT molecular complexity index is 1330. The second kappa shape index (κ2) is 17.9. The molecule has 228 valence electrons. The molecule has 3 aromatic carbocycles. The molecule has 9 heteroatoms. The summed E-state index contributed by atoms with van der Waals surface area (Å²) in [5.41, 5.74) is 13.7. The van der Waals surface area contributed by atoms with Crippen molar-refractivity contribution < 1.29 is 33.3 Å². The number of ether oxygens (including phenoxy) is 4. The predicted molar refractivity (Wildman–Crippen MR) is 167 cm³/mol. The maximum atomic E-state index is 12.5. The number of hydrogen-bond donors (Lipinski definition) is 2. The topological polar surface area (TPSA) is 140 Å². The van der Waals surface area contributed by atoms with Gasteiger partial charge in [0.2, 0.25) is 0 Å². The van der Waals surface area contributed by atoms with Crippen LogP contribution in [-0.4, -0.2) is 37.7 Å². The minimum absolute atomic E-state index is 0.288. The van der Waals surface area contributed by atoms with Crippen LogP contribution in [0, 0.1) is 0 Å². The SMILES string of the molecule is CCCCCOc1ccc(C(=O)Oc2ccc(/C=C/C(=O)OCCCCCCOC(=O)c3cc(N)cc(N)c3)cc2)cc1. The number of nitrogens with two attached hydrogens (primary N) is 2. The number of esters is 3. The van der Waals surface area contributed by atoms with Crippen LogP contribution in [0.4, 0.5) is 11.4 Å². The van der Waals surface area contributed by atoms with Crippen LogP contribution in [0.3, 0.4) is 0 Å². The molecular formula is C34H40N2O7. The number of benzene rings is 3. The Morgan fingerprint density at radius 3 is 1.91 bits per heavy atom. The fourth-order valence-corrected chi connectivity index (χ4v) is 4.03. The molecule has 0 aromatic heterocycles. The van der Waals surface area contributed by atoms with Crippen LogP contribution < -0.4 is 20.9 Å². The average molecular weight is 589 g/mol. The standard InChI is InChI=1S/C34H40N2O7/c1-2-3-6-19-40-30-16-12-26(13-17-30)34(39)43-31-14-9-25(10-15-31)11-18-32(37)41-20-7-4-5-8-21-42-33(38)27-22-28(35)24-29(36)23-27/h9-18,22-24H,2-8,19-21,35-36H2,1H3/b18-11+. The van der Waals surface area contributed by atoms with Gasteiger partial charge in [-0.25, -0.2) is 14.4 Å². The van der Waals surface area contributed by atoms with Gasteiger partial charge in [0.15, 0.2) is 0 Å². The zero-order valence-corrected chi connectivity index (χ0v) is 24.6. The first-order chi connectivity index (χ1) is 20.8. The monoisotopic (exact) mass is 588 g/mol. The summed E-state index contributed by atoms with van der Waals surface area (Å²) in [6.45, 7) is 3.38. The van der Waals surface area contributed by atoms with Crippen molar-refractivity contribution >= 4 is 35.4 Å². The zero-order chi connectivity index (χ0) is 30.9. The lowest BCUT2D eigenvalue weighted by Crippen LogP contribution is -2.08. The number of rotatable bonds is 17. The van der Waals surface area contributed by atoms with Crippen molar-refractivity contribution in [2.45, 2.75) is 51.9 Å². The molecule has 0 spiro atoms. The second-order valence-electron chi connectivity index (χ2n) is 9.98. The molecule has 0 atom stereocenters. The van der Waals surface area contributed by atoms with Gasteiger partial charge < -0.3 is 30.4 Å². The summed E-state index contributed by atoms with van der Waals surface area (Å²) in [6.07, 6.45) is 9.31. The van der Waals surface area contributed by atoms with Crippen LogP contribution in [-0.2, 0) is 14.3 Å². The van der Waals surface area contributed by atoms with E-state index >= 15 is 0 Å². The molecule has 9 nitrogen and oxygen atoms in total. The highest BCUT2D eigenvalue weighted by Gasteiger charge is 2.10. The Balaban J connectivity index is 1.27. The fourth-order valence-electron chi connectivity index (χ4n) is 4.03. The van der Waals surface area contributed by atoms with Crippen LogP contribution in [0.2, 0.25) is 0 Å². The van der Waals surface area contributed by atoms with E-state index in [2.05, 4.69) is 6.92 Å². The lowest BCUT2D eigenvalue weighted by molar-refractivity contribution is -0.137. The van der Waals surface area contributed by atoms with Crippen LogP contribution in [0.5, 0.6) is 11.5 Å². The number of anilines is 2. The van der Waals surface area contributed by atoms with Gasteiger partial charge in [-0.3, -0.25) is 0 Å². The highest BCUT2D eigenvalue weighted by molar-refractivity contribution is 5.92. The van der Waals surface area contributed by atoms with Gasteiger partial charge in [0.25, 0.3) is 0 Å². The third-order valence-corrected chi connectivity index (χ3v) is 6.34. The zero-order valence-electron chi connectivity index (χ0n) is 24.6. The molecule has 0 saturated carbocycles. The van der Waals surface area contributed by atoms with Crippen LogP contribution in [0.15, 0.2) is 72.8 Å². The molecule has 0 aliphatic carbocycles. The summed E-state index contributed by atoms with van der Waals surface area (Å²) in [6, 6.07) is 18.3. The van der Waals surface area contributed by atoms with Gasteiger partial charge >= 0.3 is 17.9 Å². The lowest BCUT2D eigenvalue weighted by atomic mass is 10.2. The third kappa shape index (κ3) is 12.3. The van der Waals surface area contributed by atoms with Crippen molar-refractivity contribution in [3.63, 3.8) is 0 Å². The summed E-state index contributed by atoms with van der Waals surface area (Å²) in [7, 11) is 0. The summed E-state index contributed by atoms with van der Waals surface area (Å²) in [5.74, 6) is -0.244. The predicted octanol–water partition coefficient (Wildman–Crippen LogP) is 6.61. The fraction of sp³-hybridized carbons (Fsp3) is 0.324. The molecule has 0 heterocycles. The first-order valence-corrected chi connectivity index (χ1v) is 14.6. The van der Waals surface area contributed by atoms with E-state index in [1.807, 2.05) is 0 Å². The van der Waals surface area contributed by atoms with Gasteiger partial charge in [-0.1, -0.05) is 31.9 Å². The summed E-state index contributed by atoms with van der Waals surface area (Å²) >= 11 is 0. The summed E-state index contributed by atoms with van der Waals surface area (Å²) in [5, 5.41) is 0. The van der Waals surface area contributed by atoms with Crippen LogP contribution in [0.1, 0.15) is 78.1 Å². The Morgan fingerprint density at radius 2 is 1.26 bits per heavy atom. The number of carbonyl (C=O) groups is 3. The van der Waals surface area contributed by atoms with Crippen molar-refractivity contribution in [3.05, 3.63) is 89.5 Å². The van der Waals surface area contributed by atoms with Gasteiger partial charge in [-0.05, 0) is 98.3 Å². The Kier molecular flexibility index (Phi) is 13.6. The van der Waals surface area contributed by atoms with Gasteiger partial charge in [0.05, 0.1) is 30.9 Å². The Hall–Kier alpha value is -4.79. The van der Waals surface area contributed by atoms with Crippen LogP contribution in [0.25, 0.3) is 6.08 Å².